The Morgan fingerprint density at radius 3 is 2.95 bits per heavy atom. The number of carbonyl (C=O) groups is 1. The molecular weight excluding hydrogens is 513 g/mol. The Labute approximate surface area is 223 Å². The molecule has 1 aliphatic heterocycles. The van der Waals surface area contributed by atoms with Crippen molar-refractivity contribution in [2.45, 2.75) is 18.9 Å². The standard InChI is InChI=1S/C27H27ClFN5O2S/c1-3-24(35)30-9-10-31-26-20-13-21(29)19(18-8-4-6-16-12-23(28)37-25(16)18)14-22(20)32-27(33-26)36-15-17-7-5-11-34(17)2/h3-4,6,8,12-14,17H,1,5,7,9-11,15H2,2H3,(H,30,35)(H,31,32,33)/t17-/m0/s1. The molecule has 1 fully saturated rings. The van der Waals surface area contributed by atoms with Crippen LogP contribution in [0.4, 0.5) is 10.2 Å². The molecular formula is C27H27ClFN5O2S. The van der Waals surface area contributed by atoms with E-state index < -0.39 is 5.82 Å². The maximum atomic E-state index is 15.5. The van der Waals surface area contributed by atoms with E-state index in [4.69, 9.17) is 16.3 Å². The topological polar surface area (TPSA) is 79.4 Å². The number of aromatic nitrogens is 2. The van der Waals surface area contributed by atoms with Crippen molar-refractivity contribution in [1.82, 2.24) is 20.2 Å². The van der Waals surface area contributed by atoms with Gasteiger partial charge in [-0.1, -0.05) is 36.4 Å². The number of likely N-dealkylation sites (tertiary alicyclic amines) is 1. The van der Waals surface area contributed by atoms with Crippen molar-refractivity contribution in [3.63, 3.8) is 0 Å². The number of anilines is 1. The molecule has 5 rings (SSSR count). The van der Waals surface area contributed by atoms with Gasteiger partial charge in [-0.3, -0.25) is 4.79 Å². The lowest BCUT2D eigenvalue weighted by atomic mass is 10.0. The number of hydrogen-bond donors (Lipinski definition) is 2. The molecule has 0 unspecified atom stereocenters. The quantitative estimate of drug-likeness (QED) is 0.216. The van der Waals surface area contributed by atoms with Gasteiger partial charge in [0.15, 0.2) is 0 Å². The van der Waals surface area contributed by atoms with Gasteiger partial charge in [0.2, 0.25) is 5.91 Å². The summed E-state index contributed by atoms with van der Waals surface area (Å²) in [6, 6.07) is 11.3. The molecule has 0 bridgehead atoms. The van der Waals surface area contributed by atoms with Crippen LogP contribution in [-0.2, 0) is 4.79 Å². The molecule has 0 spiro atoms. The van der Waals surface area contributed by atoms with Gasteiger partial charge >= 0.3 is 6.01 Å². The van der Waals surface area contributed by atoms with E-state index >= 15 is 4.39 Å². The van der Waals surface area contributed by atoms with Crippen LogP contribution in [0.25, 0.3) is 32.1 Å². The molecule has 1 atom stereocenters. The van der Waals surface area contributed by atoms with E-state index in [0.717, 1.165) is 35.0 Å². The highest BCUT2D eigenvalue weighted by molar-refractivity contribution is 7.23. The highest BCUT2D eigenvalue weighted by atomic mass is 35.5. The van der Waals surface area contributed by atoms with Gasteiger partial charge in [0.1, 0.15) is 18.2 Å². The van der Waals surface area contributed by atoms with Gasteiger partial charge in [0, 0.05) is 40.3 Å². The summed E-state index contributed by atoms with van der Waals surface area (Å²) in [6.07, 6.45) is 3.40. The molecule has 2 aromatic carbocycles. The molecule has 192 valence electrons. The first-order chi connectivity index (χ1) is 17.9. The summed E-state index contributed by atoms with van der Waals surface area (Å²) in [5, 5.41) is 7.39. The fourth-order valence-corrected chi connectivity index (χ4v) is 5.84. The first kappa shape index (κ1) is 25.4. The Morgan fingerprint density at radius 1 is 1.30 bits per heavy atom. The van der Waals surface area contributed by atoms with Gasteiger partial charge in [0.05, 0.1) is 9.85 Å². The Balaban J connectivity index is 1.51. The first-order valence-corrected chi connectivity index (χ1v) is 13.3. The van der Waals surface area contributed by atoms with Gasteiger partial charge in [-0.15, -0.1) is 11.3 Å². The van der Waals surface area contributed by atoms with Crippen molar-refractivity contribution in [2.24, 2.45) is 0 Å². The molecule has 1 amide bonds. The number of ether oxygens (including phenoxy) is 1. The van der Waals surface area contributed by atoms with Gasteiger partial charge in [0.25, 0.3) is 0 Å². The third-order valence-electron chi connectivity index (χ3n) is 6.55. The number of thiophene rings is 1. The number of nitrogens with zero attached hydrogens (tertiary/aromatic N) is 3. The van der Waals surface area contributed by atoms with Gasteiger partial charge < -0.3 is 20.3 Å². The van der Waals surface area contributed by atoms with E-state index in [-0.39, 0.29) is 11.9 Å². The average Bonchev–Trinajstić information content (AvgIpc) is 3.48. The minimum atomic E-state index is -0.391. The number of rotatable bonds is 9. The lowest BCUT2D eigenvalue weighted by Gasteiger charge is -2.19. The molecule has 1 aliphatic rings. The predicted molar refractivity (Wildman–Crippen MR) is 148 cm³/mol. The van der Waals surface area contributed by atoms with Crippen molar-refractivity contribution in [2.75, 3.05) is 38.6 Å². The number of amides is 1. The molecule has 7 nitrogen and oxygen atoms in total. The monoisotopic (exact) mass is 539 g/mol. The summed E-state index contributed by atoms with van der Waals surface area (Å²) in [4.78, 5) is 22.9. The smallest absolute Gasteiger partial charge is 0.318 e. The molecule has 10 heteroatoms. The maximum absolute atomic E-state index is 15.5. The fourth-order valence-electron chi connectivity index (χ4n) is 4.58. The van der Waals surface area contributed by atoms with Crippen LogP contribution in [0.3, 0.4) is 0 Å². The molecule has 2 N–H and O–H groups in total. The molecule has 4 aromatic rings. The Morgan fingerprint density at radius 2 is 2.16 bits per heavy atom. The zero-order chi connectivity index (χ0) is 25.9. The van der Waals surface area contributed by atoms with Crippen LogP contribution in [0.15, 0.2) is 49.1 Å². The van der Waals surface area contributed by atoms with Crippen molar-refractivity contribution in [3.8, 4) is 17.1 Å². The Kier molecular flexibility index (Phi) is 7.55. The second kappa shape index (κ2) is 11.0. The highest BCUT2D eigenvalue weighted by Gasteiger charge is 2.22. The fraction of sp³-hybridized carbons (Fsp3) is 0.296. The van der Waals surface area contributed by atoms with Crippen LogP contribution < -0.4 is 15.4 Å². The number of hydrogen-bond acceptors (Lipinski definition) is 7. The zero-order valence-electron chi connectivity index (χ0n) is 20.4. The van der Waals surface area contributed by atoms with Crippen LogP contribution in [0.2, 0.25) is 4.34 Å². The number of fused-ring (bicyclic) bond motifs is 2. The van der Waals surface area contributed by atoms with Gasteiger partial charge in [-0.25, -0.2) is 4.39 Å². The molecule has 0 saturated carbocycles. The van der Waals surface area contributed by atoms with Crippen LogP contribution in [0.5, 0.6) is 6.01 Å². The third kappa shape index (κ3) is 5.53. The third-order valence-corrected chi connectivity index (χ3v) is 7.86. The van der Waals surface area contributed by atoms with Crippen molar-refractivity contribution < 1.29 is 13.9 Å². The van der Waals surface area contributed by atoms with Crippen LogP contribution in [0, 0.1) is 5.82 Å². The minimum Gasteiger partial charge on any atom is -0.462 e. The summed E-state index contributed by atoms with van der Waals surface area (Å²) >= 11 is 7.67. The predicted octanol–water partition coefficient (Wildman–Crippen LogP) is 5.49. The minimum absolute atomic E-state index is 0.223. The van der Waals surface area contributed by atoms with E-state index in [9.17, 15) is 4.79 Å². The second-order valence-corrected chi connectivity index (χ2v) is 10.7. The second-order valence-electron chi connectivity index (χ2n) is 8.99. The van der Waals surface area contributed by atoms with E-state index in [1.54, 1.807) is 6.07 Å². The number of benzene rings is 2. The zero-order valence-corrected chi connectivity index (χ0v) is 22.0. The van der Waals surface area contributed by atoms with E-state index in [1.807, 2.05) is 24.3 Å². The van der Waals surface area contributed by atoms with E-state index in [2.05, 4.69) is 39.1 Å². The maximum Gasteiger partial charge on any atom is 0.318 e. The van der Waals surface area contributed by atoms with Crippen LogP contribution in [0.1, 0.15) is 12.8 Å². The normalized spacial score (nSPS) is 15.8. The molecule has 3 heterocycles. The number of carbonyl (C=O) groups excluding carboxylic acids is 1. The van der Waals surface area contributed by atoms with E-state index in [0.29, 0.717) is 52.4 Å². The summed E-state index contributed by atoms with van der Waals surface area (Å²) in [5.74, 6) is -0.217. The van der Waals surface area contributed by atoms with Crippen molar-refractivity contribution in [1.29, 1.82) is 0 Å². The number of halogens is 2. The number of likely N-dealkylation sites (N-methyl/N-ethyl adjacent to an activating group) is 1. The summed E-state index contributed by atoms with van der Waals surface area (Å²) in [6.45, 7) is 5.69. The molecule has 2 aromatic heterocycles. The SMILES string of the molecule is C=CC(=O)NCCNc1nc(OC[C@@H]2CCCN2C)nc2cc(-c3cccc4cc(Cl)sc34)c(F)cc12. The van der Waals surface area contributed by atoms with E-state index in [1.165, 1.54) is 23.5 Å². The summed E-state index contributed by atoms with van der Waals surface area (Å²) in [7, 11) is 2.08. The largest absolute Gasteiger partial charge is 0.462 e. The average molecular weight is 540 g/mol. The summed E-state index contributed by atoms with van der Waals surface area (Å²) in [5.41, 5.74) is 1.74. The van der Waals surface area contributed by atoms with Crippen LogP contribution in [-0.4, -0.2) is 60.1 Å². The van der Waals surface area contributed by atoms with Crippen molar-refractivity contribution >= 4 is 55.7 Å². The molecule has 0 aliphatic carbocycles. The molecule has 37 heavy (non-hydrogen) atoms. The lowest BCUT2D eigenvalue weighted by molar-refractivity contribution is -0.116. The van der Waals surface area contributed by atoms with Gasteiger partial charge in [-0.05, 0) is 56.1 Å². The molecule has 0 radical (unpaired) electrons. The lowest BCUT2D eigenvalue weighted by Crippen LogP contribution is -2.31. The van der Waals surface area contributed by atoms with Crippen molar-refractivity contribution in [3.05, 3.63) is 59.2 Å². The Bertz CT molecular complexity index is 1480. The van der Waals surface area contributed by atoms with Gasteiger partial charge in [-0.2, -0.15) is 9.97 Å². The first-order valence-electron chi connectivity index (χ1n) is 12.1. The van der Waals surface area contributed by atoms with Crippen LogP contribution >= 0.6 is 22.9 Å². The summed E-state index contributed by atoms with van der Waals surface area (Å²) < 4.78 is 23.1. The number of nitrogens with one attached hydrogen (secondary N) is 2. The Hall–Kier alpha value is -3.27. The molecule has 1 saturated heterocycles. The highest BCUT2D eigenvalue weighted by Crippen LogP contribution is 2.39.